The van der Waals surface area contributed by atoms with E-state index in [1.54, 1.807) is 30.3 Å². The number of amides is 3. The van der Waals surface area contributed by atoms with Gasteiger partial charge < -0.3 is 15.5 Å². The predicted molar refractivity (Wildman–Crippen MR) is 123 cm³/mol. The molecule has 0 aliphatic rings. The van der Waals surface area contributed by atoms with E-state index in [2.05, 4.69) is 26.6 Å². The molecule has 0 spiro atoms. The number of anilines is 1. The zero-order chi connectivity index (χ0) is 22.4. The van der Waals surface area contributed by atoms with Gasteiger partial charge in [0, 0.05) is 17.2 Å². The normalized spacial score (nSPS) is 11.7. The van der Waals surface area contributed by atoms with Crippen molar-refractivity contribution in [2.75, 3.05) is 18.9 Å². The number of carbonyl (C=O) groups excluding carboxylic acids is 3. The van der Waals surface area contributed by atoms with Crippen molar-refractivity contribution in [3.63, 3.8) is 0 Å². The number of nitrogens with one attached hydrogen (secondary N) is 2. The van der Waals surface area contributed by atoms with Crippen LogP contribution in [0.5, 0.6) is 0 Å². The maximum Gasteiger partial charge on any atom is 0.253 e. The Bertz CT molecular complexity index is 949. The van der Waals surface area contributed by atoms with Gasteiger partial charge in [0.05, 0.1) is 17.1 Å². The average molecular weight is 495 g/mol. The van der Waals surface area contributed by atoms with Gasteiger partial charge in [0.25, 0.3) is 5.91 Å². The van der Waals surface area contributed by atoms with Crippen LogP contribution >= 0.6 is 27.5 Å². The minimum absolute atomic E-state index is 0.139. The summed E-state index contributed by atoms with van der Waals surface area (Å²) in [6.07, 6.45) is 0. The number of hydrogen-bond acceptors (Lipinski definition) is 3. The van der Waals surface area contributed by atoms with E-state index in [1.165, 1.54) is 11.9 Å². The maximum atomic E-state index is 12.9. The molecule has 2 aromatic carbocycles. The smallest absolute Gasteiger partial charge is 0.253 e. The Kier molecular flexibility index (Phi) is 8.43. The molecule has 8 heteroatoms. The summed E-state index contributed by atoms with van der Waals surface area (Å²) in [7, 11) is 1.54. The molecule has 0 saturated heterocycles. The highest BCUT2D eigenvalue weighted by atomic mass is 79.9. The van der Waals surface area contributed by atoms with Crippen molar-refractivity contribution in [3.05, 3.63) is 63.1 Å². The van der Waals surface area contributed by atoms with Crippen LogP contribution in [0.4, 0.5) is 5.69 Å². The van der Waals surface area contributed by atoms with Crippen molar-refractivity contribution in [2.45, 2.75) is 26.8 Å². The van der Waals surface area contributed by atoms with Gasteiger partial charge in [-0.2, -0.15) is 0 Å². The molecule has 2 aromatic rings. The minimum atomic E-state index is -0.791. The number of benzene rings is 2. The third-order valence-corrected chi connectivity index (χ3v) is 5.38. The van der Waals surface area contributed by atoms with Crippen LogP contribution in [0, 0.1) is 12.8 Å². The highest BCUT2D eigenvalue weighted by Crippen LogP contribution is 2.20. The van der Waals surface area contributed by atoms with Crippen molar-refractivity contribution >= 4 is 50.9 Å². The van der Waals surface area contributed by atoms with Gasteiger partial charge in [-0.15, -0.1) is 0 Å². The van der Waals surface area contributed by atoms with E-state index >= 15 is 0 Å². The number of likely N-dealkylation sites (N-methyl/N-ethyl adjacent to an activating group) is 1. The van der Waals surface area contributed by atoms with Crippen LogP contribution in [-0.2, 0) is 9.59 Å². The maximum absolute atomic E-state index is 12.9. The fourth-order valence-electron chi connectivity index (χ4n) is 2.87. The van der Waals surface area contributed by atoms with Crippen LogP contribution in [0.25, 0.3) is 0 Å². The van der Waals surface area contributed by atoms with Gasteiger partial charge in [0.1, 0.15) is 6.04 Å². The Morgan fingerprint density at radius 3 is 2.40 bits per heavy atom. The van der Waals surface area contributed by atoms with Gasteiger partial charge >= 0.3 is 0 Å². The van der Waals surface area contributed by atoms with Crippen molar-refractivity contribution in [1.29, 1.82) is 0 Å². The van der Waals surface area contributed by atoms with Crippen LogP contribution in [0.3, 0.4) is 0 Å². The fourth-order valence-corrected chi connectivity index (χ4v) is 3.56. The third-order valence-electron chi connectivity index (χ3n) is 4.56. The van der Waals surface area contributed by atoms with Crippen LogP contribution < -0.4 is 10.6 Å². The number of halogens is 2. The van der Waals surface area contributed by atoms with Gasteiger partial charge in [0.2, 0.25) is 11.8 Å². The topological polar surface area (TPSA) is 78.5 Å². The van der Waals surface area contributed by atoms with E-state index < -0.39 is 11.9 Å². The Morgan fingerprint density at radius 2 is 1.80 bits per heavy atom. The molecule has 0 aromatic heterocycles. The largest absolute Gasteiger partial charge is 0.340 e. The summed E-state index contributed by atoms with van der Waals surface area (Å²) in [4.78, 5) is 39.2. The summed E-state index contributed by atoms with van der Waals surface area (Å²) in [5, 5.41) is 5.86. The molecule has 0 aliphatic heterocycles. The van der Waals surface area contributed by atoms with Crippen molar-refractivity contribution in [2.24, 2.45) is 5.92 Å². The molecule has 0 heterocycles. The van der Waals surface area contributed by atoms with E-state index in [9.17, 15) is 14.4 Å². The first kappa shape index (κ1) is 23.9. The number of nitrogens with zero attached hydrogens (tertiary/aromatic N) is 1. The van der Waals surface area contributed by atoms with E-state index in [1.807, 2.05) is 32.9 Å². The zero-order valence-corrected chi connectivity index (χ0v) is 19.7. The summed E-state index contributed by atoms with van der Waals surface area (Å²) in [5.74, 6) is -1.29. The predicted octanol–water partition coefficient (Wildman–Crippen LogP) is 4.26. The lowest BCUT2D eigenvalue weighted by atomic mass is 10.0. The summed E-state index contributed by atoms with van der Waals surface area (Å²) >= 11 is 9.46. The van der Waals surface area contributed by atoms with Crippen LogP contribution in [0.1, 0.15) is 29.8 Å². The fraction of sp³-hybridized carbons (Fsp3) is 0.318. The summed E-state index contributed by atoms with van der Waals surface area (Å²) in [6, 6.07) is 11.4. The van der Waals surface area contributed by atoms with Crippen LogP contribution in [0.2, 0.25) is 5.02 Å². The van der Waals surface area contributed by atoms with Gasteiger partial charge in [-0.1, -0.05) is 53.5 Å². The Morgan fingerprint density at radius 1 is 1.13 bits per heavy atom. The Labute approximate surface area is 190 Å². The molecule has 0 bridgehead atoms. The minimum Gasteiger partial charge on any atom is -0.340 e. The van der Waals surface area contributed by atoms with Crippen molar-refractivity contribution in [3.8, 4) is 0 Å². The molecule has 1 unspecified atom stereocenters. The van der Waals surface area contributed by atoms with Crippen LogP contribution in [-0.4, -0.2) is 42.3 Å². The Balaban J connectivity index is 2.04. The molecular weight excluding hydrogens is 470 g/mol. The van der Waals surface area contributed by atoms with Crippen molar-refractivity contribution in [1.82, 2.24) is 10.2 Å². The molecule has 30 heavy (non-hydrogen) atoms. The molecule has 2 N–H and O–H groups in total. The second-order valence-corrected chi connectivity index (χ2v) is 8.70. The summed E-state index contributed by atoms with van der Waals surface area (Å²) in [5.41, 5.74) is 1.87. The lowest BCUT2D eigenvalue weighted by Gasteiger charge is -2.27. The standard InChI is InChI=1S/C22H25BrClN3O3/c1-13(2)20(26-21(29)16-7-5-6-8-17(16)24)22(30)27(4)12-19(28)25-18-10-9-15(23)11-14(18)3/h5-11,13,20H,12H2,1-4H3,(H,25,28)(H,26,29). The first-order valence-electron chi connectivity index (χ1n) is 9.46. The molecule has 6 nitrogen and oxygen atoms in total. The Hall–Kier alpha value is -2.38. The zero-order valence-electron chi connectivity index (χ0n) is 17.3. The van der Waals surface area contributed by atoms with E-state index in [-0.39, 0.29) is 24.3 Å². The first-order valence-corrected chi connectivity index (χ1v) is 10.6. The van der Waals surface area contributed by atoms with Crippen molar-refractivity contribution < 1.29 is 14.4 Å². The van der Waals surface area contributed by atoms with E-state index in [4.69, 9.17) is 11.6 Å². The second-order valence-electron chi connectivity index (χ2n) is 7.38. The molecule has 3 amide bonds. The van der Waals surface area contributed by atoms with Gasteiger partial charge in [-0.25, -0.2) is 0 Å². The monoisotopic (exact) mass is 493 g/mol. The lowest BCUT2D eigenvalue weighted by Crippen LogP contribution is -2.51. The SMILES string of the molecule is Cc1cc(Br)ccc1NC(=O)CN(C)C(=O)C(NC(=O)c1ccccc1Cl)C(C)C. The quantitative estimate of drug-likeness (QED) is 0.604. The molecular formula is C22H25BrClN3O3. The van der Waals surface area contributed by atoms with E-state index in [0.29, 0.717) is 16.3 Å². The number of aryl methyl sites for hydroxylation is 1. The number of rotatable bonds is 7. The molecule has 0 fully saturated rings. The number of carbonyl (C=O) groups is 3. The summed E-state index contributed by atoms with van der Waals surface area (Å²) in [6.45, 7) is 5.40. The third kappa shape index (κ3) is 6.31. The van der Waals surface area contributed by atoms with Gasteiger partial charge in [0.15, 0.2) is 0 Å². The van der Waals surface area contributed by atoms with Gasteiger partial charge in [-0.3, -0.25) is 14.4 Å². The highest BCUT2D eigenvalue weighted by molar-refractivity contribution is 9.10. The molecule has 0 radical (unpaired) electrons. The average Bonchev–Trinajstić information content (AvgIpc) is 2.67. The van der Waals surface area contributed by atoms with Crippen LogP contribution in [0.15, 0.2) is 46.9 Å². The second kappa shape index (κ2) is 10.6. The highest BCUT2D eigenvalue weighted by Gasteiger charge is 2.28. The number of hydrogen-bond donors (Lipinski definition) is 2. The first-order chi connectivity index (χ1) is 14.1. The van der Waals surface area contributed by atoms with Gasteiger partial charge in [-0.05, 0) is 48.7 Å². The van der Waals surface area contributed by atoms with E-state index in [0.717, 1.165) is 10.0 Å². The summed E-state index contributed by atoms with van der Waals surface area (Å²) < 4.78 is 0.916. The molecule has 0 aliphatic carbocycles. The molecule has 0 saturated carbocycles. The lowest BCUT2D eigenvalue weighted by molar-refractivity contribution is -0.135. The molecule has 1 atom stereocenters. The molecule has 160 valence electrons. The molecule has 2 rings (SSSR count).